The summed E-state index contributed by atoms with van der Waals surface area (Å²) in [5, 5.41) is 11.7. The number of methoxy groups -OCH3 is 1. The van der Waals surface area contributed by atoms with E-state index in [1.165, 1.54) is 6.92 Å². The fraction of sp³-hybridized carbons (Fsp3) is 0.778. The number of carbonyl (C=O) groups excluding carboxylic acids is 2. The molecule has 0 fully saturated rings. The maximum Gasteiger partial charge on any atom is 0.311 e. The molecule has 0 unspecified atom stereocenters. The van der Waals surface area contributed by atoms with Gasteiger partial charge in [0.05, 0.1) is 24.2 Å². The molecule has 0 spiro atoms. The van der Waals surface area contributed by atoms with Crippen LogP contribution in [0, 0.1) is 17.3 Å². The molecule has 5 atom stereocenters. The Kier molecular flexibility index (Phi) is 20.6. The standard InChI is InChI=1S/C45H82O9Si2/c1-28(2)55(29(3)4,30(5)6)53-39-24-38(25-40(26-39)54-56(31(7)8,32(9)10)33(11)12)43(52-37(16)46)35(14)23-34(13)42(47)36(15)41(51-27-49-20)21-22-50-44(48)45(17,18)19/h23-26,28-33,35-36,41-43,47H,21-22,27H2,1-20H3/b34-23+/t35-,36+,41+,42-,43+/m1/s1. The molecule has 0 aromatic heterocycles. The van der Waals surface area contributed by atoms with Gasteiger partial charge in [-0.25, -0.2) is 0 Å². The van der Waals surface area contributed by atoms with Gasteiger partial charge in [-0.15, -0.1) is 0 Å². The monoisotopic (exact) mass is 823 g/mol. The summed E-state index contributed by atoms with van der Waals surface area (Å²) in [5.41, 5.74) is 2.99. The van der Waals surface area contributed by atoms with Gasteiger partial charge in [0, 0.05) is 43.9 Å². The van der Waals surface area contributed by atoms with E-state index in [1.54, 1.807) is 7.11 Å². The summed E-state index contributed by atoms with van der Waals surface area (Å²) >= 11 is 0. The average molecular weight is 823 g/mol. The number of ether oxygens (including phenoxy) is 4. The first kappa shape index (κ1) is 51.8. The summed E-state index contributed by atoms with van der Waals surface area (Å²) in [7, 11) is -3.21. The van der Waals surface area contributed by atoms with Crippen molar-refractivity contribution in [3.05, 3.63) is 35.4 Å². The van der Waals surface area contributed by atoms with Crippen LogP contribution < -0.4 is 8.85 Å². The molecule has 1 N–H and O–H groups in total. The third kappa shape index (κ3) is 13.4. The molecule has 1 rings (SSSR count). The zero-order valence-corrected chi connectivity index (χ0v) is 41.0. The minimum atomic E-state index is -2.38. The highest BCUT2D eigenvalue weighted by Gasteiger charge is 2.49. The highest BCUT2D eigenvalue weighted by Crippen LogP contribution is 2.47. The lowest BCUT2D eigenvalue weighted by Gasteiger charge is -2.43. The van der Waals surface area contributed by atoms with E-state index in [-0.39, 0.29) is 31.2 Å². The first-order chi connectivity index (χ1) is 25.7. The van der Waals surface area contributed by atoms with Crippen molar-refractivity contribution >= 4 is 28.6 Å². The summed E-state index contributed by atoms with van der Waals surface area (Å²) in [4.78, 5) is 25.2. The molecule has 0 radical (unpaired) electrons. The van der Waals surface area contributed by atoms with E-state index in [4.69, 9.17) is 27.8 Å². The molecule has 0 amide bonds. The zero-order chi connectivity index (χ0) is 43.5. The smallest absolute Gasteiger partial charge is 0.311 e. The molecule has 0 bridgehead atoms. The van der Waals surface area contributed by atoms with Gasteiger partial charge in [0.2, 0.25) is 0 Å². The molecule has 0 aliphatic heterocycles. The Labute approximate surface area is 344 Å². The predicted molar refractivity (Wildman–Crippen MR) is 234 cm³/mol. The molecule has 9 nitrogen and oxygen atoms in total. The van der Waals surface area contributed by atoms with Crippen molar-refractivity contribution in [3.63, 3.8) is 0 Å². The van der Waals surface area contributed by atoms with Gasteiger partial charge in [-0.1, -0.05) is 103 Å². The molecule has 1 aromatic carbocycles. The third-order valence-corrected chi connectivity index (χ3v) is 23.7. The van der Waals surface area contributed by atoms with Crippen LogP contribution in [-0.4, -0.2) is 66.4 Å². The summed E-state index contributed by atoms with van der Waals surface area (Å²) in [6.45, 7) is 40.1. The quantitative estimate of drug-likeness (QED) is 0.0499. The van der Waals surface area contributed by atoms with Crippen molar-refractivity contribution in [2.24, 2.45) is 17.3 Å². The van der Waals surface area contributed by atoms with Crippen LogP contribution in [0.15, 0.2) is 29.8 Å². The lowest BCUT2D eigenvalue weighted by atomic mass is 9.88. The second-order valence-electron chi connectivity index (χ2n) is 19.0. The number of hydrogen-bond donors (Lipinski definition) is 1. The number of esters is 2. The van der Waals surface area contributed by atoms with Crippen molar-refractivity contribution in [2.75, 3.05) is 20.5 Å². The molecular formula is C45H82O9Si2. The van der Waals surface area contributed by atoms with Crippen LogP contribution in [-0.2, 0) is 28.5 Å². The first-order valence-corrected chi connectivity index (χ1v) is 25.3. The van der Waals surface area contributed by atoms with Crippen LogP contribution in [0.1, 0.15) is 150 Å². The number of rotatable bonds is 23. The van der Waals surface area contributed by atoms with Gasteiger partial charge in [-0.3, -0.25) is 9.59 Å². The average Bonchev–Trinajstić information content (AvgIpc) is 3.07. The SMILES string of the molecule is COCO[C@@H](CCOC(=O)C(C)(C)C)[C@H](C)[C@H](O)/C(C)=C/[C@@H](C)[C@H](OC(C)=O)c1cc(O[Si](C(C)C)(C(C)C)C(C)C)cc(O[Si](C(C)C)(C(C)C)C(C)C)c1. The van der Waals surface area contributed by atoms with Gasteiger partial charge in [0.1, 0.15) is 24.4 Å². The van der Waals surface area contributed by atoms with Crippen LogP contribution in [0.5, 0.6) is 11.5 Å². The lowest BCUT2D eigenvalue weighted by Crippen LogP contribution is -2.51. The first-order valence-electron chi connectivity index (χ1n) is 21.0. The second kappa shape index (κ2) is 22.3. The fourth-order valence-corrected chi connectivity index (χ4v) is 19.5. The van der Waals surface area contributed by atoms with Crippen molar-refractivity contribution in [2.45, 2.75) is 190 Å². The van der Waals surface area contributed by atoms with E-state index in [2.05, 4.69) is 89.2 Å². The summed E-state index contributed by atoms with van der Waals surface area (Å²) in [6, 6.07) is 6.13. The molecule has 0 saturated carbocycles. The van der Waals surface area contributed by atoms with Crippen molar-refractivity contribution in [1.82, 2.24) is 0 Å². The summed E-state index contributed by atoms with van der Waals surface area (Å²) < 4.78 is 37.4. The second-order valence-corrected chi connectivity index (χ2v) is 29.7. The molecule has 0 aliphatic carbocycles. The Bertz CT molecular complexity index is 1300. The van der Waals surface area contributed by atoms with Gasteiger partial charge in [0.25, 0.3) is 16.6 Å². The molecule has 0 saturated heterocycles. The van der Waals surface area contributed by atoms with Gasteiger partial charge >= 0.3 is 11.9 Å². The Balaban J connectivity index is 3.86. The van der Waals surface area contributed by atoms with Gasteiger partial charge in [0.15, 0.2) is 0 Å². The number of hydrogen-bond acceptors (Lipinski definition) is 9. The van der Waals surface area contributed by atoms with E-state index in [0.717, 1.165) is 17.1 Å². The van der Waals surface area contributed by atoms with E-state index in [9.17, 15) is 14.7 Å². The largest absolute Gasteiger partial charge is 0.543 e. The number of aliphatic hydroxyl groups excluding tert-OH is 1. The Morgan fingerprint density at radius 3 is 1.52 bits per heavy atom. The third-order valence-electron chi connectivity index (χ3n) is 11.7. The van der Waals surface area contributed by atoms with E-state index in [1.807, 2.05) is 59.8 Å². The molecule has 56 heavy (non-hydrogen) atoms. The summed E-state index contributed by atoms with van der Waals surface area (Å²) in [6.07, 6.45) is 0.331. The van der Waals surface area contributed by atoms with Crippen LogP contribution in [0.2, 0.25) is 33.2 Å². The highest BCUT2D eigenvalue weighted by atomic mass is 28.4. The van der Waals surface area contributed by atoms with Crippen LogP contribution in [0.25, 0.3) is 0 Å². The molecule has 0 aliphatic rings. The van der Waals surface area contributed by atoms with Crippen molar-refractivity contribution in [3.8, 4) is 11.5 Å². The number of carbonyl (C=O) groups is 2. The van der Waals surface area contributed by atoms with Gasteiger partial charge in [-0.05, 0) is 78.6 Å². The minimum Gasteiger partial charge on any atom is -0.543 e. The molecular weight excluding hydrogens is 741 g/mol. The normalized spacial score (nSPS) is 16.1. The number of benzene rings is 1. The number of aliphatic hydroxyl groups is 1. The Morgan fingerprint density at radius 1 is 0.732 bits per heavy atom. The molecule has 11 heteroatoms. The van der Waals surface area contributed by atoms with E-state index >= 15 is 0 Å². The maximum atomic E-state index is 12.8. The van der Waals surface area contributed by atoms with Crippen molar-refractivity contribution in [1.29, 1.82) is 0 Å². The zero-order valence-electron chi connectivity index (χ0n) is 39.0. The fourth-order valence-electron chi connectivity index (χ4n) is 9.01. The minimum absolute atomic E-state index is 0.0363. The van der Waals surface area contributed by atoms with Crippen molar-refractivity contribution < 1.29 is 42.5 Å². The Hall–Kier alpha value is -2.19. The maximum absolute atomic E-state index is 12.8. The summed E-state index contributed by atoms with van der Waals surface area (Å²) in [5.74, 6) is 0.0792. The van der Waals surface area contributed by atoms with Gasteiger partial charge < -0.3 is 32.9 Å². The lowest BCUT2D eigenvalue weighted by molar-refractivity contribution is -0.156. The van der Waals surface area contributed by atoms with Crippen LogP contribution in [0.3, 0.4) is 0 Å². The van der Waals surface area contributed by atoms with Gasteiger partial charge in [-0.2, -0.15) is 0 Å². The topological polar surface area (TPSA) is 110 Å². The van der Waals surface area contributed by atoms with Crippen LogP contribution >= 0.6 is 0 Å². The van der Waals surface area contributed by atoms with E-state index < -0.39 is 46.3 Å². The molecule has 324 valence electrons. The Morgan fingerprint density at radius 2 is 1.16 bits per heavy atom. The molecule has 0 heterocycles. The van der Waals surface area contributed by atoms with E-state index in [0.29, 0.717) is 45.2 Å². The highest BCUT2D eigenvalue weighted by molar-refractivity contribution is 6.78. The van der Waals surface area contributed by atoms with Crippen LogP contribution in [0.4, 0.5) is 0 Å². The molecule has 1 aromatic rings. The predicted octanol–water partition coefficient (Wildman–Crippen LogP) is 11.9.